The third kappa shape index (κ3) is 5.00. The molecule has 0 fully saturated rings. The lowest BCUT2D eigenvalue weighted by Gasteiger charge is -2.11. The van der Waals surface area contributed by atoms with Gasteiger partial charge < -0.3 is 19.3 Å². The van der Waals surface area contributed by atoms with Crippen LogP contribution in [0.25, 0.3) is 10.7 Å². The van der Waals surface area contributed by atoms with Crippen LogP contribution in [0.4, 0.5) is 0 Å². The van der Waals surface area contributed by atoms with E-state index >= 15 is 0 Å². The van der Waals surface area contributed by atoms with E-state index in [1.165, 1.54) is 11.3 Å². The Bertz CT molecular complexity index is 1010. The predicted octanol–water partition coefficient (Wildman–Crippen LogP) is 2.15. The van der Waals surface area contributed by atoms with Gasteiger partial charge >= 0.3 is 0 Å². The molecule has 11 heteroatoms. The van der Waals surface area contributed by atoms with Gasteiger partial charge in [-0.25, -0.2) is 0 Å². The first kappa shape index (κ1) is 19.2. The van der Waals surface area contributed by atoms with Crippen molar-refractivity contribution in [3.05, 3.63) is 47.2 Å². The highest BCUT2D eigenvalue weighted by atomic mass is 32.1. The molecule has 0 atom stereocenters. The molecule has 4 rings (SSSR count). The molecule has 150 valence electrons. The van der Waals surface area contributed by atoms with E-state index in [0.717, 1.165) is 16.2 Å². The normalized spacial score (nSPS) is 11.9. The number of hydrazine groups is 1. The van der Waals surface area contributed by atoms with Crippen molar-refractivity contribution < 1.29 is 18.8 Å². The molecule has 0 spiro atoms. The molecule has 3 N–H and O–H groups in total. The quantitative estimate of drug-likeness (QED) is 0.399. The maximum atomic E-state index is 12.0. The average Bonchev–Trinajstić information content (AvgIpc) is 3.49. The molecule has 1 amide bonds. The van der Waals surface area contributed by atoms with Crippen LogP contribution in [0.15, 0.2) is 40.2 Å². The van der Waals surface area contributed by atoms with Gasteiger partial charge in [-0.05, 0) is 41.4 Å². The zero-order valence-corrected chi connectivity index (χ0v) is 16.8. The number of benzene rings is 1. The summed E-state index contributed by atoms with van der Waals surface area (Å²) in [5.74, 6) is 2.13. The van der Waals surface area contributed by atoms with Gasteiger partial charge in [-0.15, -0.1) is 11.3 Å². The highest BCUT2D eigenvalue weighted by molar-refractivity contribution is 7.80. The van der Waals surface area contributed by atoms with Crippen LogP contribution in [-0.4, -0.2) is 28.0 Å². The smallest absolute Gasteiger partial charge is 0.238 e. The van der Waals surface area contributed by atoms with E-state index in [-0.39, 0.29) is 19.1 Å². The molecule has 29 heavy (non-hydrogen) atoms. The van der Waals surface area contributed by atoms with Gasteiger partial charge in [0.2, 0.25) is 24.4 Å². The van der Waals surface area contributed by atoms with Gasteiger partial charge in [0.15, 0.2) is 16.6 Å². The summed E-state index contributed by atoms with van der Waals surface area (Å²) in [4.78, 5) is 17.2. The number of ether oxygens (including phenoxy) is 2. The lowest BCUT2D eigenvalue weighted by atomic mass is 10.2. The Labute approximate surface area is 175 Å². The largest absolute Gasteiger partial charge is 0.454 e. The minimum atomic E-state index is -0.242. The Hall–Kier alpha value is -3.18. The van der Waals surface area contributed by atoms with Crippen molar-refractivity contribution in [2.75, 3.05) is 6.79 Å². The lowest BCUT2D eigenvalue weighted by Crippen LogP contribution is -2.46. The maximum absolute atomic E-state index is 12.0. The molecule has 0 radical (unpaired) electrons. The molecule has 0 aliphatic carbocycles. The van der Waals surface area contributed by atoms with Gasteiger partial charge in [-0.3, -0.25) is 15.6 Å². The molecule has 3 heterocycles. The maximum Gasteiger partial charge on any atom is 0.238 e. The van der Waals surface area contributed by atoms with Gasteiger partial charge in [-0.1, -0.05) is 17.3 Å². The zero-order valence-electron chi connectivity index (χ0n) is 15.1. The number of thiophene rings is 1. The minimum Gasteiger partial charge on any atom is -0.454 e. The van der Waals surface area contributed by atoms with Crippen LogP contribution < -0.4 is 25.6 Å². The second-order valence-electron chi connectivity index (χ2n) is 6.03. The number of carbonyl (C=O) groups is 1. The summed E-state index contributed by atoms with van der Waals surface area (Å²) in [6, 6.07) is 9.47. The third-order valence-corrected chi connectivity index (χ3v) is 5.09. The van der Waals surface area contributed by atoms with Crippen molar-refractivity contribution in [3.63, 3.8) is 0 Å². The summed E-state index contributed by atoms with van der Waals surface area (Å²) in [5, 5.41) is 9.16. The Morgan fingerprint density at radius 3 is 2.97 bits per heavy atom. The summed E-state index contributed by atoms with van der Waals surface area (Å²) in [6.07, 6.45) is 0.521. The zero-order chi connectivity index (χ0) is 20.1. The molecular formula is C18H17N5O4S2. The van der Waals surface area contributed by atoms with E-state index in [2.05, 4.69) is 26.3 Å². The van der Waals surface area contributed by atoms with Gasteiger partial charge in [0, 0.05) is 19.4 Å². The van der Waals surface area contributed by atoms with Crippen LogP contribution in [0.2, 0.25) is 0 Å². The van der Waals surface area contributed by atoms with Crippen molar-refractivity contribution in [1.82, 2.24) is 26.3 Å². The Morgan fingerprint density at radius 1 is 1.21 bits per heavy atom. The summed E-state index contributed by atoms with van der Waals surface area (Å²) >= 11 is 6.69. The Kier molecular flexibility index (Phi) is 5.86. The lowest BCUT2D eigenvalue weighted by molar-refractivity contribution is -0.121. The van der Waals surface area contributed by atoms with Crippen molar-refractivity contribution in [2.24, 2.45) is 0 Å². The van der Waals surface area contributed by atoms with Crippen LogP contribution >= 0.6 is 23.6 Å². The number of thiocarbonyl (C=S) groups is 1. The predicted molar refractivity (Wildman–Crippen MR) is 109 cm³/mol. The molecule has 1 aliphatic rings. The minimum absolute atomic E-state index is 0.184. The molecule has 1 aliphatic heterocycles. The molecule has 0 bridgehead atoms. The second kappa shape index (κ2) is 8.88. The van der Waals surface area contributed by atoms with E-state index < -0.39 is 0 Å². The molecule has 0 saturated carbocycles. The van der Waals surface area contributed by atoms with Crippen LogP contribution in [0, 0.1) is 0 Å². The fraction of sp³-hybridized carbons (Fsp3) is 0.222. The molecular weight excluding hydrogens is 414 g/mol. The van der Waals surface area contributed by atoms with Gasteiger partial charge in [0.1, 0.15) is 0 Å². The van der Waals surface area contributed by atoms with Gasteiger partial charge in [-0.2, -0.15) is 4.98 Å². The first-order valence-electron chi connectivity index (χ1n) is 8.75. The summed E-state index contributed by atoms with van der Waals surface area (Å²) in [5.41, 5.74) is 6.18. The second-order valence-corrected chi connectivity index (χ2v) is 7.39. The molecule has 9 nitrogen and oxygen atoms in total. The monoisotopic (exact) mass is 431 g/mol. The Balaban J connectivity index is 1.16. The highest BCUT2D eigenvalue weighted by Crippen LogP contribution is 2.32. The Morgan fingerprint density at radius 2 is 2.10 bits per heavy atom. The third-order valence-electron chi connectivity index (χ3n) is 3.98. The number of aromatic nitrogens is 2. The van der Waals surface area contributed by atoms with Gasteiger partial charge in [0.25, 0.3) is 0 Å². The number of hydrogen-bond acceptors (Lipinski definition) is 8. The fourth-order valence-corrected chi connectivity index (χ4v) is 3.32. The molecule has 0 unspecified atom stereocenters. The van der Waals surface area contributed by atoms with Crippen molar-refractivity contribution >= 4 is 34.6 Å². The van der Waals surface area contributed by atoms with Crippen molar-refractivity contribution in [2.45, 2.75) is 19.4 Å². The number of rotatable bonds is 6. The van der Waals surface area contributed by atoms with Crippen LogP contribution in [0.1, 0.15) is 17.9 Å². The van der Waals surface area contributed by atoms with Crippen LogP contribution in [0.3, 0.4) is 0 Å². The highest BCUT2D eigenvalue weighted by Gasteiger charge is 2.14. The number of fused-ring (bicyclic) bond motifs is 1. The molecule has 3 aromatic rings. The first-order valence-corrected chi connectivity index (χ1v) is 10.0. The van der Waals surface area contributed by atoms with E-state index in [0.29, 0.717) is 35.5 Å². The van der Waals surface area contributed by atoms with Gasteiger partial charge in [0.05, 0.1) is 4.88 Å². The molecule has 0 saturated heterocycles. The van der Waals surface area contributed by atoms with E-state index in [4.69, 9.17) is 26.2 Å². The summed E-state index contributed by atoms with van der Waals surface area (Å²) < 4.78 is 15.8. The number of hydrogen-bond donors (Lipinski definition) is 3. The number of nitrogens with zero attached hydrogens (tertiary/aromatic N) is 2. The standard InChI is InChI=1S/C18H17N5O4S2/c24-15(5-6-16-20-17(23-27-16)14-2-1-7-29-14)21-22-18(28)19-9-11-3-4-12-13(8-11)26-10-25-12/h1-4,7-8H,5-6,9-10H2,(H,21,24)(H2,19,22,28). The molecule has 2 aromatic heterocycles. The van der Waals surface area contributed by atoms with Crippen molar-refractivity contribution in [3.8, 4) is 22.2 Å². The van der Waals surface area contributed by atoms with E-state index in [1.54, 1.807) is 0 Å². The van der Waals surface area contributed by atoms with E-state index in [9.17, 15) is 4.79 Å². The number of amides is 1. The number of carbonyl (C=O) groups excluding carboxylic acids is 1. The van der Waals surface area contributed by atoms with E-state index in [1.807, 2.05) is 35.7 Å². The van der Waals surface area contributed by atoms with Crippen LogP contribution in [-0.2, 0) is 17.8 Å². The average molecular weight is 431 g/mol. The topological polar surface area (TPSA) is 111 Å². The van der Waals surface area contributed by atoms with Crippen molar-refractivity contribution in [1.29, 1.82) is 0 Å². The first-order chi connectivity index (χ1) is 14.2. The summed E-state index contributed by atoms with van der Waals surface area (Å²) in [7, 11) is 0. The van der Waals surface area contributed by atoms with Crippen LogP contribution in [0.5, 0.6) is 11.5 Å². The molecule has 1 aromatic carbocycles. The SMILES string of the molecule is O=C(CCc1nc(-c2cccs2)no1)NNC(=S)NCc1ccc2c(c1)OCO2. The summed E-state index contributed by atoms with van der Waals surface area (Å²) in [6.45, 7) is 0.711. The number of nitrogens with one attached hydrogen (secondary N) is 3. The number of aryl methyl sites for hydroxylation is 1. The fourth-order valence-electron chi connectivity index (χ4n) is 2.55.